The second kappa shape index (κ2) is 12.2. The monoisotopic (exact) mass is 553 g/mol. The average molecular weight is 554 g/mol. The highest BCUT2D eigenvalue weighted by molar-refractivity contribution is 5.99. The fraction of sp³-hybridized carbons (Fsp3) is 0.290. The molecular weight excluding hydrogens is 518 g/mol. The molecule has 0 unspecified atom stereocenters. The van der Waals surface area contributed by atoms with E-state index in [2.05, 4.69) is 39.0 Å². The summed E-state index contributed by atoms with van der Waals surface area (Å²) in [5.41, 5.74) is 3.82. The normalized spacial score (nSPS) is 13.2. The number of likely N-dealkylation sites (N-methyl/N-ethyl adjacent to an activating group) is 1. The Morgan fingerprint density at radius 2 is 1.98 bits per heavy atom. The number of benzene rings is 2. The van der Waals surface area contributed by atoms with Crippen molar-refractivity contribution in [3.05, 3.63) is 83.3 Å². The number of hydrogen-bond acceptors (Lipinski definition) is 8. The number of anilines is 4. The highest BCUT2D eigenvalue weighted by Crippen LogP contribution is 2.31. The molecule has 2 N–H and O–H groups in total. The zero-order valence-corrected chi connectivity index (χ0v) is 23.7. The number of methoxy groups -OCH3 is 1. The van der Waals surface area contributed by atoms with E-state index in [4.69, 9.17) is 9.72 Å². The van der Waals surface area contributed by atoms with Gasteiger partial charge >= 0.3 is 0 Å². The number of fused-ring (bicyclic) bond motifs is 1. The number of amides is 1. The van der Waals surface area contributed by atoms with Gasteiger partial charge in [0.15, 0.2) is 5.65 Å². The minimum absolute atomic E-state index is 0.245. The molecule has 1 aliphatic rings. The predicted octanol–water partition coefficient (Wildman–Crippen LogP) is 4.50. The number of carbonyl (C=O) groups excluding carboxylic acids is 1. The Morgan fingerprint density at radius 1 is 1.17 bits per heavy atom. The number of aromatic nitrogens is 3. The Hall–Kier alpha value is -4.70. The van der Waals surface area contributed by atoms with E-state index in [-0.39, 0.29) is 11.5 Å². The maximum Gasteiger partial charge on any atom is 0.257 e. The van der Waals surface area contributed by atoms with Gasteiger partial charge in [0, 0.05) is 55.2 Å². The van der Waals surface area contributed by atoms with Crippen molar-refractivity contribution in [1.82, 2.24) is 19.4 Å². The van der Waals surface area contributed by atoms with Gasteiger partial charge in [0.25, 0.3) is 5.56 Å². The third-order valence-electron chi connectivity index (χ3n) is 7.35. The quantitative estimate of drug-likeness (QED) is 0.277. The van der Waals surface area contributed by atoms with Gasteiger partial charge in [-0.05, 0) is 74.8 Å². The molecule has 3 heterocycles. The summed E-state index contributed by atoms with van der Waals surface area (Å²) < 4.78 is 7.22. The van der Waals surface area contributed by atoms with E-state index in [1.807, 2.05) is 25.1 Å². The predicted molar refractivity (Wildman–Crippen MR) is 164 cm³/mol. The molecule has 1 amide bonds. The molecule has 1 saturated heterocycles. The van der Waals surface area contributed by atoms with Crippen molar-refractivity contribution in [3.63, 3.8) is 0 Å². The van der Waals surface area contributed by atoms with E-state index in [0.717, 1.165) is 29.7 Å². The summed E-state index contributed by atoms with van der Waals surface area (Å²) in [5, 5.41) is 6.73. The van der Waals surface area contributed by atoms with Gasteiger partial charge in [-0.1, -0.05) is 12.6 Å². The van der Waals surface area contributed by atoms with Crippen LogP contribution in [0.3, 0.4) is 0 Å². The third kappa shape index (κ3) is 6.22. The van der Waals surface area contributed by atoms with Gasteiger partial charge in [-0.25, -0.2) is 4.98 Å². The van der Waals surface area contributed by atoms with Crippen LogP contribution in [0.1, 0.15) is 18.4 Å². The zero-order valence-electron chi connectivity index (χ0n) is 23.7. The van der Waals surface area contributed by atoms with Gasteiger partial charge in [-0.2, -0.15) is 4.98 Å². The summed E-state index contributed by atoms with van der Waals surface area (Å²) in [6.07, 6.45) is 5.46. The van der Waals surface area contributed by atoms with Crippen LogP contribution in [0, 0.1) is 6.92 Å². The molecule has 2 aromatic carbocycles. The molecule has 2 aromatic heterocycles. The van der Waals surface area contributed by atoms with Crippen LogP contribution in [0.4, 0.5) is 23.0 Å². The van der Waals surface area contributed by atoms with Crippen molar-refractivity contribution in [2.24, 2.45) is 0 Å². The van der Waals surface area contributed by atoms with Gasteiger partial charge < -0.3 is 25.2 Å². The Kier molecular flexibility index (Phi) is 8.30. The van der Waals surface area contributed by atoms with Crippen LogP contribution in [0.5, 0.6) is 5.75 Å². The number of hydrogen-bond donors (Lipinski definition) is 2. The molecule has 0 aliphatic carbocycles. The summed E-state index contributed by atoms with van der Waals surface area (Å²) >= 11 is 0. The van der Waals surface area contributed by atoms with E-state index in [9.17, 15) is 9.59 Å². The Morgan fingerprint density at radius 3 is 2.73 bits per heavy atom. The molecule has 1 fully saturated rings. The Balaban J connectivity index is 1.45. The van der Waals surface area contributed by atoms with Crippen molar-refractivity contribution in [2.75, 3.05) is 55.9 Å². The van der Waals surface area contributed by atoms with Crippen LogP contribution in [-0.2, 0) is 4.79 Å². The number of pyridine rings is 1. The lowest BCUT2D eigenvalue weighted by molar-refractivity contribution is -0.111. The molecule has 0 bridgehead atoms. The lowest BCUT2D eigenvalue weighted by atomic mass is 10.2. The summed E-state index contributed by atoms with van der Waals surface area (Å²) in [6, 6.07) is 14.6. The summed E-state index contributed by atoms with van der Waals surface area (Å²) in [6.45, 7) is 9.66. The number of nitrogens with one attached hydrogen (secondary N) is 2. The maximum absolute atomic E-state index is 13.2. The molecule has 10 nitrogen and oxygen atoms in total. The van der Waals surface area contributed by atoms with Crippen molar-refractivity contribution in [1.29, 1.82) is 0 Å². The first-order chi connectivity index (χ1) is 19.9. The van der Waals surface area contributed by atoms with Gasteiger partial charge in [0.2, 0.25) is 11.9 Å². The van der Waals surface area contributed by atoms with Crippen molar-refractivity contribution in [3.8, 4) is 11.4 Å². The summed E-state index contributed by atoms with van der Waals surface area (Å²) in [5.74, 6) is 0.641. The molecule has 0 atom stereocenters. The molecule has 0 radical (unpaired) electrons. The van der Waals surface area contributed by atoms with Crippen LogP contribution in [0.25, 0.3) is 16.7 Å². The minimum Gasteiger partial charge on any atom is -0.494 e. The first-order valence-corrected chi connectivity index (χ1v) is 13.7. The average Bonchev–Trinajstić information content (AvgIpc) is 3.50. The van der Waals surface area contributed by atoms with Gasteiger partial charge in [-0.3, -0.25) is 14.2 Å². The Labute approximate surface area is 239 Å². The third-order valence-corrected chi connectivity index (χ3v) is 7.35. The molecule has 41 heavy (non-hydrogen) atoms. The minimum atomic E-state index is -0.338. The second-order valence-corrected chi connectivity index (χ2v) is 10.2. The van der Waals surface area contributed by atoms with E-state index < -0.39 is 0 Å². The van der Waals surface area contributed by atoms with E-state index >= 15 is 0 Å². The molecule has 10 heteroatoms. The molecule has 5 rings (SSSR count). The fourth-order valence-electron chi connectivity index (χ4n) is 5.05. The van der Waals surface area contributed by atoms with Crippen LogP contribution in [0.15, 0.2) is 72.2 Å². The molecule has 4 aromatic rings. The van der Waals surface area contributed by atoms with E-state index in [0.29, 0.717) is 34.4 Å². The highest BCUT2D eigenvalue weighted by atomic mass is 16.5. The second-order valence-electron chi connectivity index (χ2n) is 10.2. The standard InChI is InChI=1S/C31H35N7O3/c1-5-28(39)33-22-9-8-10-24(18-22)38-29(40)17-21(2)25-20-32-31(35-30(25)38)34-26-12-11-23(19-27(26)41-4)36(3)15-16-37-13-6-7-14-37/h5,8-12,17-20H,1,6-7,13-16H2,2-4H3,(H,33,39)(H,32,34,35). The smallest absolute Gasteiger partial charge is 0.257 e. The largest absolute Gasteiger partial charge is 0.494 e. The number of aryl methyl sites for hydroxylation is 1. The molecule has 212 valence electrons. The van der Waals surface area contributed by atoms with Gasteiger partial charge in [-0.15, -0.1) is 0 Å². The number of likely N-dealkylation sites (tertiary alicyclic amines) is 1. The van der Waals surface area contributed by atoms with Gasteiger partial charge in [0.1, 0.15) is 5.75 Å². The first-order valence-electron chi connectivity index (χ1n) is 13.7. The van der Waals surface area contributed by atoms with E-state index in [1.54, 1.807) is 43.6 Å². The maximum atomic E-state index is 13.2. The van der Waals surface area contributed by atoms with Gasteiger partial charge in [0.05, 0.1) is 18.5 Å². The van der Waals surface area contributed by atoms with Crippen LogP contribution in [0.2, 0.25) is 0 Å². The fourth-order valence-corrected chi connectivity index (χ4v) is 5.05. The van der Waals surface area contributed by atoms with Crippen molar-refractivity contribution >= 4 is 40.0 Å². The lowest BCUT2D eigenvalue weighted by Gasteiger charge is -2.24. The summed E-state index contributed by atoms with van der Waals surface area (Å²) in [4.78, 5) is 39.0. The van der Waals surface area contributed by atoms with Crippen LogP contribution in [-0.4, -0.2) is 65.7 Å². The topological polar surface area (TPSA) is 105 Å². The van der Waals surface area contributed by atoms with Crippen LogP contribution < -0.4 is 25.8 Å². The number of ether oxygens (including phenoxy) is 1. The number of rotatable bonds is 10. The Bertz CT molecular complexity index is 1640. The lowest BCUT2D eigenvalue weighted by Crippen LogP contribution is -2.31. The molecule has 0 spiro atoms. The molecular formula is C31H35N7O3. The SMILES string of the molecule is C=CC(=O)Nc1cccc(-n2c(=O)cc(C)c3cnc(Nc4ccc(N(C)CCN5CCCC5)cc4OC)nc32)c1. The van der Waals surface area contributed by atoms with Crippen LogP contribution >= 0.6 is 0 Å². The molecule has 0 saturated carbocycles. The van der Waals surface area contributed by atoms with Crippen molar-refractivity contribution in [2.45, 2.75) is 19.8 Å². The highest BCUT2D eigenvalue weighted by Gasteiger charge is 2.16. The van der Waals surface area contributed by atoms with E-state index in [1.165, 1.54) is 36.6 Å². The first kappa shape index (κ1) is 27.9. The summed E-state index contributed by atoms with van der Waals surface area (Å²) in [7, 11) is 3.72. The number of nitrogens with zero attached hydrogens (tertiary/aromatic N) is 5. The molecule has 1 aliphatic heterocycles. The zero-order chi connectivity index (χ0) is 28.9. The van der Waals surface area contributed by atoms with Crippen molar-refractivity contribution < 1.29 is 9.53 Å². The number of carbonyl (C=O) groups is 1.